The molecule has 0 radical (unpaired) electrons. The molecule has 0 spiro atoms. The monoisotopic (exact) mass is 283 g/mol. The van der Waals surface area contributed by atoms with Crippen LogP contribution in [0.3, 0.4) is 0 Å². The highest BCUT2D eigenvalue weighted by Crippen LogP contribution is 2.17. The minimum atomic E-state index is 0.580. The van der Waals surface area contributed by atoms with Gasteiger partial charge in [-0.1, -0.05) is 35.5 Å². The van der Waals surface area contributed by atoms with Crippen molar-refractivity contribution in [2.24, 2.45) is 0 Å². The van der Waals surface area contributed by atoms with Gasteiger partial charge in [-0.05, 0) is 36.0 Å². The maximum Gasteiger partial charge on any atom is 0.171 e. The summed E-state index contributed by atoms with van der Waals surface area (Å²) in [5.41, 5.74) is 2.88. The van der Waals surface area contributed by atoms with Crippen molar-refractivity contribution in [3.8, 4) is 0 Å². The zero-order chi connectivity index (χ0) is 13.8. The van der Waals surface area contributed by atoms with Crippen molar-refractivity contribution >= 4 is 33.9 Å². The Bertz CT molecular complexity index is 724. The number of hydrogen-bond acceptors (Lipinski definition) is 3. The Morgan fingerprint density at radius 3 is 2.85 bits per heavy atom. The molecule has 100 valence electrons. The lowest BCUT2D eigenvalue weighted by atomic mass is 10.2. The third kappa shape index (κ3) is 2.95. The average molecular weight is 283 g/mol. The fourth-order valence-corrected chi connectivity index (χ4v) is 2.08. The maximum absolute atomic E-state index is 5.27. The Hall–Kier alpha value is -2.40. The van der Waals surface area contributed by atoms with Crippen LogP contribution in [0.2, 0.25) is 0 Å². The molecule has 3 rings (SSSR count). The molecule has 4 nitrogen and oxygen atoms in total. The molecule has 2 aromatic carbocycles. The third-order valence-electron chi connectivity index (χ3n) is 2.91. The summed E-state index contributed by atoms with van der Waals surface area (Å²) in [5.74, 6) is 0. The van der Waals surface area contributed by atoms with Gasteiger partial charge in [0.25, 0.3) is 0 Å². The second-order valence-electron chi connectivity index (χ2n) is 4.38. The molecule has 0 saturated carbocycles. The van der Waals surface area contributed by atoms with Crippen molar-refractivity contribution in [3.05, 3.63) is 60.4 Å². The number of anilines is 1. The van der Waals surface area contributed by atoms with E-state index in [2.05, 4.69) is 27.9 Å². The Kier molecular flexibility index (Phi) is 3.60. The summed E-state index contributed by atoms with van der Waals surface area (Å²) in [5, 5.41) is 11.8. The molecule has 20 heavy (non-hydrogen) atoms. The zero-order valence-electron chi connectivity index (χ0n) is 10.7. The van der Waals surface area contributed by atoms with Crippen LogP contribution < -0.4 is 10.6 Å². The van der Waals surface area contributed by atoms with Crippen LogP contribution >= 0.6 is 12.2 Å². The molecule has 0 aliphatic carbocycles. The third-order valence-corrected chi connectivity index (χ3v) is 3.16. The van der Waals surface area contributed by atoms with E-state index in [0.717, 1.165) is 16.6 Å². The molecule has 0 unspecified atom stereocenters. The SMILES string of the molecule is S=C(NCc1ccccc1)Nc1ccc2conc2c1. The number of thiocarbonyl (C=S) groups is 1. The van der Waals surface area contributed by atoms with E-state index in [0.29, 0.717) is 11.7 Å². The van der Waals surface area contributed by atoms with Gasteiger partial charge in [0.2, 0.25) is 0 Å². The van der Waals surface area contributed by atoms with Gasteiger partial charge in [0.15, 0.2) is 5.11 Å². The fraction of sp³-hybridized carbons (Fsp3) is 0.0667. The molecule has 0 saturated heterocycles. The lowest BCUT2D eigenvalue weighted by Crippen LogP contribution is -2.27. The second-order valence-corrected chi connectivity index (χ2v) is 4.79. The summed E-state index contributed by atoms with van der Waals surface area (Å²) < 4.78 is 4.90. The average Bonchev–Trinajstić information content (AvgIpc) is 2.94. The van der Waals surface area contributed by atoms with E-state index in [1.807, 2.05) is 36.4 Å². The number of aromatic nitrogens is 1. The smallest absolute Gasteiger partial charge is 0.171 e. The maximum atomic E-state index is 5.27. The van der Waals surface area contributed by atoms with Gasteiger partial charge in [0, 0.05) is 17.6 Å². The van der Waals surface area contributed by atoms with Crippen molar-refractivity contribution in [1.29, 1.82) is 0 Å². The molecule has 1 heterocycles. The molecular weight excluding hydrogens is 270 g/mol. The highest BCUT2D eigenvalue weighted by molar-refractivity contribution is 7.80. The van der Waals surface area contributed by atoms with Crippen LogP contribution in [-0.2, 0) is 6.54 Å². The van der Waals surface area contributed by atoms with Gasteiger partial charge >= 0.3 is 0 Å². The molecular formula is C15H13N3OS. The van der Waals surface area contributed by atoms with Crippen LogP contribution in [0.4, 0.5) is 5.69 Å². The van der Waals surface area contributed by atoms with Gasteiger partial charge in [-0.15, -0.1) is 0 Å². The molecule has 0 atom stereocenters. The van der Waals surface area contributed by atoms with Crippen molar-refractivity contribution in [2.45, 2.75) is 6.54 Å². The Morgan fingerprint density at radius 2 is 2.00 bits per heavy atom. The largest absolute Gasteiger partial charge is 0.364 e. The van der Waals surface area contributed by atoms with Crippen LogP contribution in [0.1, 0.15) is 5.56 Å². The van der Waals surface area contributed by atoms with Crippen molar-refractivity contribution in [3.63, 3.8) is 0 Å². The van der Waals surface area contributed by atoms with Gasteiger partial charge in [-0.3, -0.25) is 0 Å². The van der Waals surface area contributed by atoms with Gasteiger partial charge in [0.05, 0.1) is 0 Å². The Balaban J connectivity index is 1.61. The highest BCUT2D eigenvalue weighted by atomic mass is 32.1. The lowest BCUT2D eigenvalue weighted by molar-refractivity contribution is 0.428. The van der Waals surface area contributed by atoms with E-state index < -0.39 is 0 Å². The lowest BCUT2D eigenvalue weighted by Gasteiger charge is -2.10. The summed E-state index contributed by atoms with van der Waals surface area (Å²) in [6.45, 7) is 0.693. The van der Waals surface area contributed by atoms with Crippen molar-refractivity contribution < 1.29 is 4.52 Å². The first-order chi connectivity index (χ1) is 9.81. The molecule has 5 heteroatoms. The molecule has 0 amide bonds. The number of nitrogens with zero attached hydrogens (tertiary/aromatic N) is 1. The number of hydrogen-bond donors (Lipinski definition) is 2. The predicted molar refractivity (Wildman–Crippen MR) is 83.5 cm³/mol. The van der Waals surface area contributed by atoms with Crippen LogP contribution in [0, 0.1) is 0 Å². The molecule has 0 bridgehead atoms. The number of fused-ring (bicyclic) bond motifs is 1. The molecule has 0 fully saturated rings. The van der Waals surface area contributed by atoms with Crippen LogP contribution in [-0.4, -0.2) is 10.3 Å². The van der Waals surface area contributed by atoms with Gasteiger partial charge in [-0.2, -0.15) is 0 Å². The van der Waals surface area contributed by atoms with E-state index in [9.17, 15) is 0 Å². The van der Waals surface area contributed by atoms with Gasteiger partial charge < -0.3 is 15.2 Å². The minimum Gasteiger partial charge on any atom is -0.364 e. The second kappa shape index (κ2) is 5.71. The van der Waals surface area contributed by atoms with Gasteiger partial charge in [0.1, 0.15) is 11.8 Å². The summed E-state index contributed by atoms with van der Waals surface area (Å²) in [6, 6.07) is 15.9. The van der Waals surface area contributed by atoms with E-state index in [4.69, 9.17) is 16.7 Å². The van der Waals surface area contributed by atoms with Crippen LogP contribution in [0.15, 0.2) is 59.3 Å². The molecule has 1 aromatic heterocycles. The van der Waals surface area contributed by atoms with Crippen molar-refractivity contribution in [1.82, 2.24) is 10.5 Å². The molecule has 0 aliphatic heterocycles. The molecule has 3 aromatic rings. The number of rotatable bonds is 3. The summed E-state index contributed by atoms with van der Waals surface area (Å²) in [4.78, 5) is 0. The summed E-state index contributed by atoms with van der Waals surface area (Å²) in [6.07, 6.45) is 1.62. The first kappa shape index (κ1) is 12.6. The highest BCUT2D eigenvalue weighted by Gasteiger charge is 2.02. The van der Waals surface area contributed by atoms with Crippen molar-refractivity contribution in [2.75, 3.05) is 5.32 Å². The van der Waals surface area contributed by atoms with E-state index in [1.165, 1.54) is 5.56 Å². The minimum absolute atomic E-state index is 0.580. The van der Waals surface area contributed by atoms with Crippen LogP contribution in [0.5, 0.6) is 0 Å². The molecule has 0 aliphatic rings. The zero-order valence-corrected chi connectivity index (χ0v) is 11.5. The number of nitrogens with one attached hydrogen (secondary N) is 2. The first-order valence-corrected chi connectivity index (χ1v) is 6.65. The van der Waals surface area contributed by atoms with E-state index >= 15 is 0 Å². The normalized spacial score (nSPS) is 10.4. The topological polar surface area (TPSA) is 50.1 Å². The summed E-state index contributed by atoms with van der Waals surface area (Å²) in [7, 11) is 0. The number of benzene rings is 2. The quantitative estimate of drug-likeness (QED) is 0.722. The Morgan fingerprint density at radius 1 is 1.15 bits per heavy atom. The first-order valence-electron chi connectivity index (χ1n) is 6.24. The Labute approximate surface area is 121 Å². The van der Waals surface area contributed by atoms with E-state index in [1.54, 1.807) is 6.26 Å². The summed E-state index contributed by atoms with van der Waals surface area (Å²) >= 11 is 5.27. The van der Waals surface area contributed by atoms with E-state index in [-0.39, 0.29) is 0 Å². The molecule has 2 N–H and O–H groups in total. The standard InChI is InChI=1S/C15H13N3OS/c20-15(16-9-11-4-2-1-3-5-11)17-13-7-6-12-10-19-18-14(12)8-13/h1-8,10H,9H2,(H2,16,17,20). The predicted octanol–water partition coefficient (Wildman–Crippen LogP) is 3.31. The fourth-order valence-electron chi connectivity index (χ4n) is 1.89. The van der Waals surface area contributed by atoms with Crippen LogP contribution in [0.25, 0.3) is 10.9 Å². The van der Waals surface area contributed by atoms with Gasteiger partial charge in [-0.25, -0.2) is 0 Å².